The Morgan fingerprint density at radius 1 is 1.33 bits per heavy atom. The van der Waals surface area contributed by atoms with Crippen LogP contribution >= 0.6 is 0 Å². The summed E-state index contributed by atoms with van der Waals surface area (Å²) in [4.78, 5) is 11.4. The second-order valence-electron chi connectivity index (χ2n) is 3.55. The minimum Gasteiger partial charge on any atom is -0.317 e. The van der Waals surface area contributed by atoms with Crippen LogP contribution in [-0.4, -0.2) is 18.9 Å². The van der Waals surface area contributed by atoms with Crippen LogP contribution in [0.2, 0.25) is 0 Å². The van der Waals surface area contributed by atoms with Crippen molar-refractivity contribution in [3.8, 4) is 0 Å². The minimum absolute atomic E-state index is 0.350. The molecule has 1 atom stereocenters. The zero-order valence-corrected chi connectivity index (χ0v) is 7.94. The number of hydrogen-bond acceptors (Lipinski definition) is 2. The predicted molar refractivity (Wildman–Crippen MR) is 50.1 cm³/mol. The first kappa shape index (κ1) is 9.72. The number of nitrogens with one attached hydrogen (secondary N) is 1. The van der Waals surface area contributed by atoms with E-state index in [1.807, 2.05) is 6.92 Å². The molecule has 0 aromatic carbocycles. The van der Waals surface area contributed by atoms with Crippen LogP contribution in [0.4, 0.5) is 0 Å². The van der Waals surface area contributed by atoms with Gasteiger partial charge in [0.2, 0.25) is 0 Å². The topological polar surface area (TPSA) is 29.1 Å². The van der Waals surface area contributed by atoms with Crippen LogP contribution in [0, 0.1) is 5.92 Å². The second-order valence-corrected chi connectivity index (χ2v) is 3.55. The summed E-state index contributed by atoms with van der Waals surface area (Å²) in [6.07, 6.45) is 5.32. The lowest BCUT2D eigenvalue weighted by Gasteiger charge is -2.18. The molecule has 2 nitrogen and oxygen atoms in total. The Morgan fingerprint density at radius 3 is 2.92 bits per heavy atom. The van der Waals surface area contributed by atoms with Crippen LogP contribution < -0.4 is 5.32 Å². The highest BCUT2D eigenvalue weighted by Crippen LogP contribution is 2.16. The van der Waals surface area contributed by atoms with E-state index in [1.165, 1.54) is 12.8 Å². The molecule has 1 aliphatic heterocycles. The molecule has 1 rings (SSSR count). The second kappa shape index (κ2) is 5.31. The first-order valence-corrected chi connectivity index (χ1v) is 5.08. The average Bonchev–Trinajstić information content (AvgIpc) is 2.02. The maximum atomic E-state index is 11.4. The molecule has 70 valence electrons. The monoisotopic (exact) mass is 169 g/mol. The highest BCUT2D eigenvalue weighted by Gasteiger charge is 2.16. The molecule has 1 unspecified atom stereocenters. The molecule has 0 aliphatic carbocycles. The number of ketones is 1. The maximum absolute atomic E-state index is 11.4. The Morgan fingerprint density at radius 2 is 2.17 bits per heavy atom. The van der Waals surface area contributed by atoms with E-state index in [0.29, 0.717) is 18.1 Å². The number of Topliss-reactive ketones (excluding diaryl/α,β-unsaturated/α-hetero) is 1. The smallest absolute Gasteiger partial charge is 0.135 e. The van der Waals surface area contributed by atoms with Gasteiger partial charge in [-0.25, -0.2) is 0 Å². The Bertz CT molecular complexity index is 137. The van der Waals surface area contributed by atoms with Gasteiger partial charge in [-0.1, -0.05) is 13.3 Å². The van der Waals surface area contributed by atoms with E-state index >= 15 is 0 Å². The molecule has 1 heterocycles. The molecule has 0 amide bonds. The van der Waals surface area contributed by atoms with Crippen LogP contribution in [0.1, 0.15) is 39.0 Å². The summed E-state index contributed by atoms with van der Waals surface area (Å²) < 4.78 is 0. The molecule has 0 spiro atoms. The Hall–Kier alpha value is -0.370. The van der Waals surface area contributed by atoms with Crippen LogP contribution in [-0.2, 0) is 4.79 Å². The molecule has 0 saturated carbocycles. The third kappa shape index (κ3) is 2.94. The fraction of sp³-hybridized carbons (Fsp3) is 0.900. The lowest BCUT2D eigenvalue weighted by atomic mass is 9.91. The first-order valence-electron chi connectivity index (χ1n) is 5.08. The van der Waals surface area contributed by atoms with E-state index in [4.69, 9.17) is 0 Å². The van der Waals surface area contributed by atoms with Crippen molar-refractivity contribution in [3.63, 3.8) is 0 Å². The van der Waals surface area contributed by atoms with Crippen molar-refractivity contribution in [2.75, 3.05) is 13.1 Å². The number of rotatable bonds is 2. The van der Waals surface area contributed by atoms with Crippen molar-refractivity contribution >= 4 is 5.78 Å². The standard InChI is InChI=1S/C10H19NO/c1-2-10(12)9-5-3-4-7-11-8-6-9/h9,11H,2-8H2,1H3. The summed E-state index contributed by atoms with van der Waals surface area (Å²) in [5.74, 6) is 0.807. The number of carbonyl (C=O) groups is 1. The van der Waals surface area contributed by atoms with Crippen LogP contribution in [0.5, 0.6) is 0 Å². The van der Waals surface area contributed by atoms with E-state index in [2.05, 4.69) is 5.32 Å². The highest BCUT2D eigenvalue weighted by atomic mass is 16.1. The van der Waals surface area contributed by atoms with E-state index in [1.54, 1.807) is 0 Å². The SMILES string of the molecule is CCC(=O)C1CCCCNCC1. The average molecular weight is 169 g/mol. The van der Waals surface area contributed by atoms with Crippen LogP contribution in [0.25, 0.3) is 0 Å². The van der Waals surface area contributed by atoms with Crippen molar-refractivity contribution in [1.82, 2.24) is 5.32 Å². The fourth-order valence-electron chi connectivity index (χ4n) is 1.80. The number of hydrogen-bond donors (Lipinski definition) is 1. The zero-order chi connectivity index (χ0) is 8.81. The quantitative estimate of drug-likeness (QED) is 0.682. The van der Waals surface area contributed by atoms with Gasteiger partial charge in [0.25, 0.3) is 0 Å². The summed E-state index contributed by atoms with van der Waals surface area (Å²) in [5, 5.41) is 3.34. The molecule has 0 radical (unpaired) electrons. The third-order valence-electron chi connectivity index (χ3n) is 2.63. The van der Waals surface area contributed by atoms with Gasteiger partial charge in [-0.3, -0.25) is 4.79 Å². The van der Waals surface area contributed by atoms with E-state index in [-0.39, 0.29) is 0 Å². The molecule has 0 aromatic heterocycles. The summed E-state index contributed by atoms with van der Waals surface area (Å²) in [6.45, 7) is 4.12. The fourth-order valence-corrected chi connectivity index (χ4v) is 1.80. The van der Waals surface area contributed by atoms with Gasteiger partial charge >= 0.3 is 0 Å². The van der Waals surface area contributed by atoms with Crippen molar-refractivity contribution in [2.24, 2.45) is 5.92 Å². The van der Waals surface area contributed by atoms with Crippen molar-refractivity contribution in [3.05, 3.63) is 0 Å². The Labute approximate surface area is 74.7 Å². The molecule has 0 aromatic rings. The molecule has 1 fully saturated rings. The van der Waals surface area contributed by atoms with Gasteiger partial charge in [-0.05, 0) is 32.4 Å². The lowest BCUT2D eigenvalue weighted by molar-refractivity contribution is -0.123. The largest absolute Gasteiger partial charge is 0.317 e. The maximum Gasteiger partial charge on any atom is 0.135 e. The van der Waals surface area contributed by atoms with Gasteiger partial charge in [0.05, 0.1) is 0 Å². The Balaban J connectivity index is 2.34. The highest BCUT2D eigenvalue weighted by molar-refractivity contribution is 5.80. The van der Waals surface area contributed by atoms with Crippen molar-refractivity contribution in [1.29, 1.82) is 0 Å². The summed E-state index contributed by atoms with van der Waals surface area (Å²) >= 11 is 0. The molecule has 0 bridgehead atoms. The van der Waals surface area contributed by atoms with Crippen molar-refractivity contribution in [2.45, 2.75) is 39.0 Å². The molecule has 1 saturated heterocycles. The summed E-state index contributed by atoms with van der Waals surface area (Å²) in [6, 6.07) is 0. The van der Waals surface area contributed by atoms with Gasteiger partial charge in [0, 0.05) is 12.3 Å². The molecule has 1 aliphatic rings. The summed E-state index contributed by atoms with van der Waals surface area (Å²) in [7, 11) is 0. The lowest BCUT2D eigenvalue weighted by Crippen LogP contribution is -2.25. The molecular weight excluding hydrogens is 150 g/mol. The van der Waals surface area contributed by atoms with E-state index < -0.39 is 0 Å². The molecule has 2 heteroatoms. The number of carbonyl (C=O) groups excluding carboxylic acids is 1. The van der Waals surface area contributed by atoms with Gasteiger partial charge < -0.3 is 5.32 Å². The predicted octanol–water partition coefficient (Wildman–Crippen LogP) is 1.75. The minimum atomic E-state index is 0.350. The molecule has 1 N–H and O–H groups in total. The Kier molecular flexibility index (Phi) is 4.30. The van der Waals surface area contributed by atoms with Crippen LogP contribution in [0.15, 0.2) is 0 Å². The van der Waals surface area contributed by atoms with Gasteiger partial charge in [-0.2, -0.15) is 0 Å². The zero-order valence-electron chi connectivity index (χ0n) is 7.94. The van der Waals surface area contributed by atoms with Crippen molar-refractivity contribution < 1.29 is 4.79 Å². The van der Waals surface area contributed by atoms with Gasteiger partial charge in [0.15, 0.2) is 0 Å². The van der Waals surface area contributed by atoms with Gasteiger partial charge in [0.1, 0.15) is 5.78 Å². The molecular formula is C10H19NO. The normalized spacial score (nSPS) is 25.9. The molecule has 12 heavy (non-hydrogen) atoms. The van der Waals surface area contributed by atoms with Gasteiger partial charge in [-0.15, -0.1) is 0 Å². The first-order chi connectivity index (χ1) is 5.84. The van der Waals surface area contributed by atoms with Crippen LogP contribution in [0.3, 0.4) is 0 Å². The van der Waals surface area contributed by atoms with E-state index in [0.717, 1.165) is 25.9 Å². The summed E-state index contributed by atoms with van der Waals surface area (Å²) in [5.41, 5.74) is 0. The van der Waals surface area contributed by atoms with E-state index in [9.17, 15) is 4.79 Å². The third-order valence-corrected chi connectivity index (χ3v) is 2.63.